The van der Waals surface area contributed by atoms with E-state index in [-0.39, 0.29) is 29.6 Å². The first-order valence-electron chi connectivity index (χ1n) is 7.52. The van der Waals surface area contributed by atoms with E-state index in [0.717, 1.165) is 0 Å². The summed E-state index contributed by atoms with van der Waals surface area (Å²) in [6.07, 6.45) is 0.242. The zero-order chi connectivity index (χ0) is 18.4. The lowest BCUT2D eigenvalue weighted by molar-refractivity contribution is -0.384. The maximum Gasteiger partial charge on any atom is 0.271 e. The molecule has 0 saturated heterocycles. The molecule has 130 valence electrons. The van der Waals surface area contributed by atoms with Gasteiger partial charge in [0, 0.05) is 23.9 Å². The standard InChI is InChI=1S/C16H12N6O4/c17-16-19-15-10-3-2-9(22(25)26)7-11(10)18-14(21(15)20-16)6-8-1-4-12(23)13(24)5-8/h1-5,7,23-24H,6H2,(H2,17,20). The van der Waals surface area contributed by atoms with Crippen molar-refractivity contribution in [2.24, 2.45) is 0 Å². The molecule has 0 aliphatic rings. The van der Waals surface area contributed by atoms with Crippen molar-refractivity contribution in [1.29, 1.82) is 0 Å². The first kappa shape index (κ1) is 15.6. The number of nitro benzene ring substituents is 1. The number of fused-ring (bicyclic) bond motifs is 3. The van der Waals surface area contributed by atoms with Crippen LogP contribution >= 0.6 is 0 Å². The number of rotatable bonds is 3. The molecule has 0 fully saturated rings. The van der Waals surface area contributed by atoms with E-state index in [1.54, 1.807) is 12.1 Å². The number of nitrogens with two attached hydrogens (primary N) is 1. The second-order valence-electron chi connectivity index (χ2n) is 5.69. The Morgan fingerprint density at radius 2 is 1.92 bits per heavy atom. The van der Waals surface area contributed by atoms with Crippen LogP contribution in [-0.4, -0.2) is 34.7 Å². The lowest BCUT2D eigenvalue weighted by atomic mass is 10.1. The zero-order valence-electron chi connectivity index (χ0n) is 13.2. The van der Waals surface area contributed by atoms with Gasteiger partial charge in [-0.25, -0.2) is 4.98 Å². The predicted octanol–water partition coefficient (Wildman–Crippen LogP) is 1.77. The second kappa shape index (κ2) is 5.55. The minimum absolute atomic E-state index is 0.0486. The van der Waals surface area contributed by atoms with E-state index in [0.29, 0.717) is 27.9 Å². The van der Waals surface area contributed by atoms with Crippen molar-refractivity contribution < 1.29 is 15.1 Å². The average Bonchev–Trinajstić information content (AvgIpc) is 2.99. The fourth-order valence-corrected chi connectivity index (χ4v) is 2.76. The number of hydrogen-bond donors (Lipinski definition) is 3. The van der Waals surface area contributed by atoms with E-state index in [4.69, 9.17) is 5.73 Å². The minimum atomic E-state index is -0.499. The van der Waals surface area contributed by atoms with Crippen molar-refractivity contribution in [2.75, 3.05) is 5.73 Å². The average molecular weight is 352 g/mol. The topological polar surface area (TPSA) is 153 Å². The first-order chi connectivity index (χ1) is 12.4. The van der Waals surface area contributed by atoms with Crippen LogP contribution in [0.15, 0.2) is 36.4 Å². The second-order valence-corrected chi connectivity index (χ2v) is 5.69. The summed E-state index contributed by atoms with van der Waals surface area (Å²) in [4.78, 5) is 19.2. The van der Waals surface area contributed by atoms with E-state index in [9.17, 15) is 20.3 Å². The summed E-state index contributed by atoms with van der Waals surface area (Å²) in [5, 5.41) is 34.8. The van der Waals surface area contributed by atoms with Gasteiger partial charge in [-0.2, -0.15) is 9.50 Å². The number of phenolic OH excluding ortho intramolecular Hbond substituents is 2. The first-order valence-corrected chi connectivity index (χ1v) is 7.52. The highest BCUT2D eigenvalue weighted by Crippen LogP contribution is 2.27. The molecule has 0 unspecified atom stereocenters. The normalized spacial score (nSPS) is 11.2. The van der Waals surface area contributed by atoms with Gasteiger partial charge >= 0.3 is 0 Å². The molecule has 0 bridgehead atoms. The van der Waals surface area contributed by atoms with Gasteiger partial charge in [-0.3, -0.25) is 10.1 Å². The molecule has 2 heterocycles. The number of nitro groups is 1. The summed E-state index contributed by atoms with van der Waals surface area (Å²) < 4.78 is 1.47. The summed E-state index contributed by atoms with van der Waals surface area (Å²) in [7, 11) is 0. The van der Waals surface area contributed by atoms with Crippen molar-refractivity contribution in [3.05, 3.63) is 57.9 Å². The maximum atomic E-state index is 11.0. The highest BCUT2D eigenvalue weighted by Gasteiger charge is 2.16. The summed E-state index contributed by atoms with van der Waals surface area (Å²) >= 11 is 0. The van der Waals surface area contributed by atoms with Crippen LogP contribution in [0.3, 0.4) is 0 Å². The molecule has 0 aliphatic carbocycles. The Kier molecular flexibility index (Phi) is 3.32. The number of nitrogen functional groups attached to an aromatic ring is 1. The van der Waals surface area contributed by atoms with E-state index >= 15 is 0 Å². The van der Waals surface area contributed by atoms with Crippen LogP contribution in [0, 0.1) is 10.1 Å². The molecule has 10 nitrogen and oxygen atoms in total. The van der Waals surface area contributed by atoms with Crippen molar-refractivity contribution >= 4 is 28.2 Å². The smallest absolute Gasteiger partial charge is 0.271 e. The molecule has 0 radical (unpaired) electrons. The molecule has 26 heavy (non-hydrogen) atoms. The van der Waals surface area contributed by atoms with Crippen LogP contribution in [0.5, 0.6) is 11.5 Å². The Bertz CT molecular complexity index is 1190. The third-order valence-electron chi connectivity index (χ3n) is 3.95. The van der Waals surface area contributed by atoms with Crippen molar-refractivity contribution in [1.82, 2.24) is 19.6 Å². The van der Waals surface area contributed by atoms with E-state index in [1.807, 2.05) is 0 Å². The molecule has 2 aromatic carbocycles. The Hall–Kier alpha value is -3.95. The molecule has 0 aliphatic heterocycles. The van der Waals surface area contributed by atoms with Gasteiger partial charge in [-0.05, 0) is 23.8 Å². The fourth-order valence-electron chi connectivity index (χ4n) is 2.76. The lowest BCUT2D eigenvalue weighted by Gasteiger charge is -2.07. The van der Waals surface area contributed by atoms with Crippen LogP contribution in [-0.2, 0) is 6.42 Å². The summed E-state index contributed by atoms with van der Waals surface area (Å²) in [6, 6.07) is 8.68. The molecule has 0 amide bonds. The largest absolute Gasteiger partial charge is 0.504 e. The summed E-state index contributed by atoms with van der Waals surface area (Å²) in [6.45, 7) is 0. The Morgan fingerprint density at radius 1 is 1.12 bits per heavy atom. The number of hydrogen-bond acceptors (Lipinski definition) is 8. The molecule has 4 N–H and O–H groups in total. The van der Waals surface area contributed by atoms with E-state index in [1.165, 1.54) is 28.8 Å². The number of anilines is 1. The molecular weight excluding hydrogens is 340 g/mol. The molecule has 0 spiro atoms. The van der Waals surface area contributed by atoms with Crippen molar-refractivity contribution in [3.8, 4) is 11.5 Å². The highest BCUT2D eigenvalue weighted by atomic mass is 16.6. The Balaban J connectivity index is 1.93. The maximum absolute atomic E-state index is 11.0. The van der Waals surface area contributed by atoms with Gasteiger partial charge in [0.25, 0.3) is 5.69 Å². The fraction of sp³-hybridized carbons (Fsp3) is 0.0625. The minimum Gasteiger partial charge on any atom is -0.504 e. The molecule has 2 aromatic heterocycles. The number of aromatic nitrogens is 4. The zero-order valence-corrected chi connectivity index (χ0v) is 13.2. The van der Waals surface area contributed by atoms with Gasteiger partial charge in [0.2, 0.25) is 5.95 Å². The van der Waals surface area contributed by atoms with Crippen LogP contribution < -0.4 is 5.73 Å². The third-order valence-corrected chi connectivity index (χ3v) is 3.95. The molecule has 4 rings (SSSR count). The summed E-state index contributed by atoms with van der Waals surface area (Å²) in [5.41, 5.74) is 7.10. The van der Waals surface area contributed by atoms with E-state index in [2.05, 4.69) is 15.1 Å². The predicted molar refractivity (Wildman–Crippen MR) is 91.9 cm³/mol. The van der Waals surface area contributed by atoms with Gasteiger partial charge in [0.05, 0.1) is 10.4 Å². The van der Waals surface area contributed by atoms with Gasteiger partial charge in [-0.1, -0.05) is 6.07 Å². The van der Waals surface area contributed by atoms with Crippen LogP contribution in [0.25, 0.3) is 16.6 Å². The molecule has 0 saturated carbocycles. The van der Waals surface area contributed by atoms with Gasteiger partial charge in [-0.15, -0.1) is 5.10 Å². The highest BCUT2D eigenvalue weighted by molar-refractivity contribution is 5.92. The van der Waals surface area contributed by atoms with E-state index < -0.39 is 4.92 Å². The molecule has 10 heteroatoms. The lowest BCUT2D eigenvalue weighted by Crippen LogP contribution is -2.05. The number of phenols is 2. The van der Waals surface area contributed by atoms with Crippen molar-refractivity contribution in [3.63, 3.8) is 0 Å². The molecular formula is C16H12N6O4. The van der Waals surface area contributed by atoms with Crippen LogP contribution in [0.4, 0.5) is 11.6 Å². The quantitative estimate of drug-likeness (QED) is 0.286. The number of benzene rings is 2. The number of aromatic hydroxyl groups is 2. The molecule has 0 atom stereocenters. The SMILES string of the molecule is Nc1nc2c3ccc([N+](=O)[O-])cc3nc(Cc3ccc(O)c(O)c3)n2n1. The van der Waals surface area contributed by atoms with Crippen LogP contribution in [0.1, 0.15) is 11.4 Å². The summed E-state index contributed by atoms with van der Waals surface area (Å²) in [5.74, 6) is -0.00554. The number of non-ortho nitro benzene ring substituents is 1. The van der Waals surface area contributed by atoms with Gasteiger partial charge < -0.3 is 15.9 Å². The number of nitrogens with zero attached hydrogens (tertiary/aromatic N) is 5. The monoisotopic (exact) mass is 352 g/mol. The Labute approximate surface area is 145 Å². The van der Waals surface area contributed by atoms with Gasteiger partial charge in [0.1, 0.15) is 5.82 Å². The van der Waals surface area contributed by atoms with Gasteiger partial charge in [0.15, 0.2) is 17.1 Å². The molecule has 4 aromatic rings. The Morgan fingerprint density at radius 3 is 2.65 bits per heavy atom. The van der Waals surface area contributed by atoms with Crippen molar-refractivity contribution in [2.45, 2.75) is 6.42 Å². The van der Waals surface area contributed by atoms with Crippen LogP contribution in [0.2, 0.25) is 0 Å². The third kappa shape index (κ3) is 2.49.